The number of carbonyl (C=O) groups is 1. The Balaban J connectivity index is 2.07. The van der Waals surface area contributed by atoms with Gasteiger partial charge in [0.2, 0.25) is 0 Å². The van der Waals surface area contributed by atoms with Gasteiger partial charge in [0.25, 0.3) is 0 Å². The maximum absolute atomic E-state index is 11.2. The van der Waals surface area contributed by atoms with Gasteiger partial charge >= 0.3 is 5.97 Å². The summed E-state index contributed by atoms with van der Waals surface area (Å²) in [6.07, 6.45) is 6.04. The van der Waals surface area contributed by atoms with Crippen molar-refractivity contribution in [1.82, 2.24) is 10.2 Å². The van der Waals surface area contributed by atoms with Crippen molar-refractivity contribution in [2.45, 2.75) is 51.5 Å². The van der Waals surface area contributed by atoms with Gasteiger partial charge in [0, 0.05) is 25.6 Å². The van der Waals surface area contributed by atoms with E-state index in [-0.39, 0.29) is 12.6 Å². The van der Waals surface area contributed by atoms with Gasteiger partial charge in [-0.25, -0.2) is 0 Å². The van der Waals surface area contributed by atoms with E-state index in [0.717, 1.165) is 45.4 Å². The maximum Gasteiger partial charge on any atom is 0.305 e. The fraction of sp³-hybridized carbons (Fsp3) is 0.933. The normalized spacial score (nSPS) is 18.6. The Bertz CT molecular complexity index is 256. The summed E-state index contributed by atoms with van der Waals surface area (Å²) in [5, 5.41) is 12.6. The van der Waals surface area contributed by atoms with E-state index >= 15 is 0 Å². The molecule has 0 radical (unpaired) electrons. The maximum atomic E-state index is 11.2. The summed E-state index contributed by atoms with van der Waals surface area (Å²) >= 11 is 0. The quantitative estimate of drug-likeness (QED) is 0.441. The van der Waals surface area contributed by atoms with Crippen molar-refractivity contribution < 1.29 is 14.6 Å². The van der Waals surface area contributed by atoms with Crippen LogP contribution in [0.25, 0.3) is 0 Å². The Kier molecular flexibility index (Phi) is 9.62. The van der Waals surface area contributed by atoms with E-state index < -0.39 is 0 Å². The molecule has 1 saturated heterocycles. The van der Waals surface area contributed by atoms with Crippen LogP contribution in [0.15, 0.2) is 0 Å². The standard InChI is InChI=1S/C15H30N2O3/c1-2-20-15(19)8-4-3-5-10-17(11-12-18)13-14-7-6-9-16-14/h14,16,18H,2-13H2,1H3. The SMILES string of the molecule is CCOC(=O)CCCCCN(CCO)CC1CCCN1. The molecule has 1 aliphatic rings. The second kappa shape index (κ2) is 11.1. The number of nitrogens with zero attached hydrogens (tertiary/aromatic N) is 1. The molecule has 5 heteroatoms. The smallest absolute Gasteiger partial charge is 0.305 e. The first-order valence-corrected chi connectivity index (χ1v) is 7.98. The van der Waals surface area contributed by atoms with E-state index in [1.807, 2.05) is 6.92 Å². The molecule has 0 spiro atoms. The van der Waals surface area contributed by atoms with Crippen LogP contribution in [-0.4, -0.2) is 61.4 Å². The first-order chi connectivity index (χ1) is 9.76. The lowest BCUT2D eigenvalue weighted by molar-refractivity contribution is -0.143. The molecule has 0 saturated carbocycles. The zero-order valence-corrected chi connectivity index (χ0v) is 12.8. The summed E-state index contributed by atoms with van der Waals surface area (Å²) in [6, 6.07) is 0.584. The minimum atomic E-state index is -0.0881. The number of nitrogens with one attached hydrogen (secondary N) is 1. The number of hydrogen-bond acceptors (Lipinski definition) is 5. The van der Waals surface area contributed by atoms with Gasteiger partial charge in [-0.05, 0) is 45.7 Å². The summed E-state index contributed by atoms with van der Waals surface area (Å²) in [5.41, 5.74) is 0. The van der Waals surface area contributed by atoms with Gasteiger partial charge in [-0.3, -0.25) is 9.69 Å². The Labute approximate surface area is 122 Å². The first-order valence-electron chi connectivity index (χ1n) is 7.98. The highest BCUT2D eigenvalue weighted by atomic mass is 16.5. The van der Waals surface area contributed by atoms with Crippen molar-refractivity contribution in [3.05, 3.63) is 0 Å². The third-order valence-corrected chi connectivity index (χ3v) is 3.72. The van der Waals surface area contributed by atoms with Crippen LogP contribution in [-0.2, 0) is 9.53 Å². The number of rotatable bonds is 11. The number of aliphatic hydroxyl groups excluding tert-OH is 1. The molecule has 1 unspecified atom stereocenters. The number of unbranched alkanes of at least 4 members (excludes halogenated alkanes) is 2. The fourth-order valence-electron chi connectivity index (χ4n) is 2.67. The van der Waals surface area contributed by atoms with Gasteiger partial charge in [-0.1, -0.05) is 6.42 Å². The Hall–Kier alpha value is -0.650. The first kappa shape index (κ1) is 17.4. The largest absolute Gasteiger partial charge is 0.466 e. The van der Waals surface area contributed by atoms with Gasteiger partial charge in [-0.2, -0.15) is 0 Å². The van der Waals surface area contributed by atoms with Crippen molar-refractivity contribution in [3.63, 3.8) is 0 Å². The average Bonchev–Trinajstić information content (AvgIpc) is 2.91. The van der Waals surface area contributed by atoms with Crippen molar-refractivity contribution in [1.29, 1.82) is 0 Å². The monoisotopic (exact) mass is 286 g/mol. The molecular weight excluding hydrogens is 256 g/mol. The molecule has 118 valence electrons. The molecule has 5 nitrogen and oxygen atoms in total. The van der Waals surface area contributed by atoms with Crippen molar-refractivity contribution in [3.8, 4) is 0 Å². The predicted octanol–water partition coefficient (Wildman–Crippen LogP) is 1.16. The van der Waals surface area contributed by atoms with Gasteiger partial charge in [-0.15, -0.1) is 0 Å². The molecule has 0 aromatic heterocycles. The second-order valence-electron chi connectivity index (χ2n) is 5.43. The number of carbonyl (C=O) groups excluding carboxylic acids is 1. The van der Waals surface area contributed by atoms with Crippen LogP contribution in [0.5, 0.6) is 0 Å². The minimum absolute atomic E-state index is 0.0881. The lowest BCUT2D eigenvalue weighted by Gasteiger charge is -2.24. The van der Waals surface area contributed by atoms with Crippen LogP contribution in [0.3, 0.4) is 0 Å². The lowest BCUT2D eigenvalue weighted by atomic mass is 10.1. The molecule has 0 amide bonds. The van der Waals surface area contributed by atoms with Gasteiger partial charge < -0.3 is 15.2 Å². The average molecular weight is 286 g/mol. The Morgan fingerprint density at radius 1 is 1.35 bits per heavy atom. The number of aliphatic hydroxyl groups is 1. The molecule has 0 bridgehead atoms. The van der Waals surface area contributed by atoms with Gasteiger partial charge in [0.05, 0.1) is 13.2 Å². The van der Waals surface area contributed by atoms with E-state index in [4.69, 9.17) is 9.84 Å². The zero-order chi connectivity index (χ0) is 14.6. The van der Waals surface area contributed by atoms with Crippen LogP contribution in [0.4, 0.5) is 0 Å². The molecule has 1 fully saturated rings. The van der Waals surface area contributed by atoms with E-state index in [1.54, 1.807) is 0 Å². The third-order valence-electron chi connectivity index (χ3n) is 3.72. The molecule has 0 aromatic rings. The van der Waals surface area contributed by atoms with Gasteiger partial charge in [0.1, 0.15) is 0 Å². The molecule has 20 heavy (non-hydrogen) atoms. The molecule has 0 aromatic carbocycles. The fourth-order valence-corrected chi connectivity index (χ4v) is 2.67. The van der Waals surface area contributed by atoms with E-state index in [9.17, 15) is 4.79 Å². The van der Waals surface area contributed by atoms with Crippen LogP contribution in [0.2, 0.25) is 0 Å². The highest BCUT2D eigenvalue weighted by Crippen LogP contribution is 2.09. The molecule has 1 aliphatic heterocycles. The number of esters is 1. The number of hydrogen-bond donors (Lipinski definition) is 2. The van der Waals surface area contributed by atoms with Crippen molar-refractivity contribution in [2.75, 3.05) is 39.4 Å². The summed E-state index contributed by atoms with van der Waals surface area (Å²) < 4.78 is 4.91. The summed E-state index contributed by atoms with van der Waals surface area (Å²) in [4.78, 5) is 13.5. The highest BCUT2D eigenvalue weighted by molar-refractivity contribution is 5.69. The number of ether oxygens (including phenoxy) is 1. The van der Waals surface area contributed by atoms with Crippen molar-refractivity contribution in [2.24, 2.45) is 0 Å². The molecule has 0 aliphatic carbocycles. The Morgan fingerprint density at radius 3 is 2.85 bits per heavy atom. The summed E-state index contributed by atoms with van der Waals surface area (Å²) in [5.74, 6) is -0.0881. The van der Waals surface area contributed by atoms with Gasteiger partial charge in [0.15, 0.2) is 0 Å². The van der Waals surface area contributed by atoms with Crippen LogP contribution in [0, 0.1) is 0 Å². The minimum Gasteiger partial charge on any atom is -0.466 e. The lowest BCUT2D eigenvalue weighted by Crippen LogP contribution is -2.39. The summed E-state index contributed by atoms with van der Waals surface area (Å²) in [7, 11) is 0. The van der Waals surface area contributed by atoms with E-state index in [2.05, 4.69) is 10.2 Å². The zero-order valence-electron chi connectivity index (χ0n) is 12.8. The summed E-state index contributed by atoms with van der Waals surface area (Å²) in [6.45, 7) is 6.42. The molecule has 1 rings (SSSR count). The topological polar surface area (TPSA) is 61.8 Å². The van der Waals surface area contributed by atoms with Crippen LogP contribution in [0.1, 0.15) is 45.4 Å². The van der Waals surface area contributed by atoms with E-state index in [1.165, 1.54) is 12.8 Å². The highest BCUT2D eigenvalue weighted by Gasteiger charge is 2.17. The molecule has 1 heterocycles. The van der Waals surface area contributed by atoms with Crippen LogP contribution < -0.4 is 5.32 Å². The van der Waals surface area contributed by atoms with Crippen LogP contribution >= 0.6 is 0 Å². The van der Waals surface area contributed by atoms with Crippen molar-refractivity contribution >= 4 is 5.97 Å². The molecule has 2 N–H and O–H groups in total. The van der Waals surface area contributed by atoms with E-state index in [0.29, 0.717) is 19.1 Å². The third kappa shape index (κ3) is 7.82. The second-order valence-corrected chi connectivity index (χ2v) is 5.43. The molecular formula is C15H30N2O3. The Morgan fingerprint density at radius 2 is 2.20 bits per heavy atom. The predicted molar refractivity (Wildman–Crippen MR) is 79.7 cm³/mol. The molecule has 1 atom stereocenters.